The van der Waals surface area contributed by atoms with Crippen LogP contribution in [-0.4, -0.2) is 28.0 Å². The zero-order chi connectivity index (χ0) is 17.7. The van der Waals surface area contributed by atoms with Gasteiger partial charge >= 0.3 is 5.97 Å². The van der Waals surface area contributed by atoms with Gasteiger partial charge in [0.15, 0.2) is 5.13 Å². The summed E-state index contributed by atoms with van der Waals surface area (Å²) in [5.41, 5.74) is 0.238. The fraction of sp³-hybridized carbons (Fsp3) is 0.375. The summed E-state index contributed by atoms with van der Waals surface area (Å²) in [5.74, 6) is -0.594. The van der Waals surface area contributed by atoms with Crippen molar-refractivity contribution in [2.45, 2.75) is 27.3 Å². The SMILES string of the molecule is Cc1nc(NC(=O)Cn2ccccc2=O)sc1C(=O)OCC(C)C. The summed E-state index contributed by atoms with van der Waals surface area (Å²) in [7, 11) is 0. The zero-order valence-corrected chi connectivity index (χ0v) is 14.6. The molecule has 0 aromatic carbocycles. The van der Waals surface area contributed by atoms with Crippen LogP contribution in [0, 0.1) is 12.8 Å². The third-order valence-electron chi connectivity index (χ3n) is 2.99. The van der Waals surface area contributed by atoms with Gasteiger partial charge in [0.05, 0.1) is 12.3 Å². The Morgan fingerprint density at radius 2 is 2.12 bits per heavy atom. The highest BCUT2D eigenvalue weighted by Gasteiger charge is 2.18. The first-order chi connectivity index (χ1) is 11.4. The summed E-state index contributed by atoms with van der Waals surface area (Å²) in [5, 5.41) is 2.90. The normalized spacial score (nSPS) is 10.7. The number of nitrogens with one attached hydrogen (secondary N) is 1. The lowest BCUT2D eigenvalue weighted by Crippen LogP contribution is -2.26. The lowest BCUT2D eigenvalue weighted by Gasteiger charge is -2.05. The number of ether oxygens (including phenoxy) is 1. The maximum atomic E-state index is 12.0. The summed E-state index contributed by atoms with van der Waals surface area (Å²) in [4.78, 5) is 40.1. The molecule has 0 radical (unpaired) electrons. The number of nitrogens with zero attached hydrogens (tertiary/aromatic N) is 2. The van der Waals surface area contributed by atoms with Gasteiger partial charge in [0, 0.05) is 12.3 Å². The highest BCUT2D eigenvalue weighted by atomic mass is 32.1. The van der Waals surface area contributed by atoms with Gasteiger partial charge in [-0.05, 0) is 18.9 Å². The number of hydrogen-bond donors (Lipinski definition) is 1. The molecule has 7 nitrogen and oxygen atoms in total. The monoisotopic (exact) mass is 349 g/mol. The highest BCUT2D eigenvalue weighted by molar-refractivity contribution is 7.17. The van der Waals surface area contributed by atoms with Gasteiger partial charge < -0.3 is 14.6 Å². The molecule has 0 aliphatic carbocycles. The van der Waals surface area contributed by atoms with Gasteiger partial charge in [0.1, 0.15) is 11.4 Å². The van der Waals surface area contributed by atoms with E-state index in [1.54, 1.807) is 19.1 Å². The number of anilines is 1. The Labute approximate surface area is 143 Å². The Balaban J connectivity index is 2.02. The van der Waals surface area contributed by atoms with E-state index in [0.717, 1.165) is 11.3 Å². The van der Waals surface area contributed by atoms with E-state index in [-0.39, 0.29) is 23.9 Å². The van der Waals surface area contributed by atoms with Gasteiger partial charge in [-0.15, -0.1) is 0 Å². The van der Waals surface area contributed by atoms with Crippen LogP contribution in [0.3, 0.4) is 0 Å². The van der Waals surface area contributed by atoms with Crippen molar-refractivity contribution in [3.63, 3.8) is 0 Å². The highest BCUT2D eigenvalue weighted by Crippen LogP contribution is 2.23. The topological polar surface area (TPSA) is 90.3 Å². The second-order valence-corrected chi connectivity index (χ2v) is 6.64. The maximum absolute atomic E-state index is 12.0. The Hall–Kier alpha value is -2.48. The van der Waals surface area contributed by atoms with Gasteiger partial charge in [0.25, 0.3) is 5.56 Å². The number of esters is 1. The fourth-order valence-corrected chi connectivity index (χ4v) is 2.73. The van der Waals surface area contributed by atoms with Crippen LogP contribution in [0.4, 0.5) is 5.13 Å². The molecule has 2 aromatic heterocycles. The number of amides is 1. The molecule has 0 spiro atoms. The van der Waals surface area contributed by atoms with Crippen molar-refractivity contribution >= 4 is 28.3 Å². The van der Waals surface area contributed by atoms with Crippen LogP contribution in [-0.2, 0) is 16.1 Å². The molecule has 0 saturated heterocycles. The third-order valence-corrected chi connectivity index (χ3v) is 4.04. The first-order valence-electron chi connectivity index (χ1n) is 7.46. The van der Waals surface area contributed by atoms with Gasteiger partial charge in [-0.1, -0.05) is 31.3 Å². The number of aromatic nitrogens is 2. The second kappa shape index (κ2) is 7.87. The minimum atomic E-state index is -0.446. The van der Waals surface area contributed by atoms with Crippen LogP contribution in [0.5, 0.6) is 0 Å². The molecule has 2 rings (SSSR count). The van der Waals surface area contributed by atoms with Crippen LogP contribution in [0.1, 0.15) is 29.2 Å². The van der Waals surface area contributed by atoms with Crippen LogP contribution in [0.25, 0.3) is 0 Å². The molecule has 0 aliphatic rings. The second-order valence-electron chi connectivity index (χ2n) is 5.64. The molecule has 2 heterocycles. The lowest BCUT2D eigenvalue weighted by atomic mass is 10.2. The number of rotatable bonds is 6. The number of hydrogen-bond acceptors (Lipinski definition) is 6. The first-order valence-corrected chi connectivity index (χ1v) is 8.28. The van der Waals surface area contributed by atoms with Crippen molar-refractivity contribution in [3.8, 4) is 0 Å². The molecule has 8 heteroatoms. The smallest absolute Gasteiger partial charge is 0.350 e. The number of pyridine rings is 1. The van der Waals surface area contributed by atoms with Crippen molar-refractivity contribution in [2.24, 2.45) is 5.92 Å². The molecular formula is C16H19N3O4S. The van der Waals surface area contributed by atoms with E-state index in [9.17, 15) is 14.4 Å². The Morgan fingerprint density at radius 1 is 1.38 bits per heavy atom. The standard InChI is InChI=1S/C16H19N3O4S/c1-10(2)9-23-15(22)14-11(3)17-16(24-14)18-12(20)8-19-7-5-4-6-13(19)21/h4-7,10H,8-9H2,1-3H3,(H,17,18,20). The minimum absolute atomic E-state index is 0.120. The summed E-state index contributed by atoms with van der Waals surface area (Å²) >= 11 is 1.06. The Bertz CT molecular complexity index is 795. The van der Waals surface area contributed by atoms with E-state index in [4.69, 9.17) is 4.74 Å². The van der Waals surface area contributed by atoms with Crippen molar-refractivity contribution in [1.82, 2.24) is 9.55 Å². The molecule has 0 unspecified atom stereocenters. The number of carbonyl (C=O) groups excluding carboxylic acids is 2. The lowest BCUT2D eigenvalue weighted by molar-refractivity contribution is -0.116. The van der Waals surface area contributed by atoms with Crippen molar-refractivity contribution in [1.29, 1.82) is 0 Å². The molecule has 24 heavy (non-hydrogen) atoms. The van der Waals surface area contributed by atoms with Gasteiger partial charge in [-0.2, -0.15) is 0 Å². The average molecular weight is 349 g/mol. The zero-order valence-electron chi connectivity index (χ0n) is 13.7. The Kier molecular flexibility index (Phi) is 5.86. The number of aryl methyl sites for hydroxylation is 1. The molecule has 0 atom stereocenters. The maximum Gasteiger partial charge on any atom is 0.350 e. The summed E-state index contributed by atoms with van der Waals surface area (Å²) in [6.45, 7) is 5.79. The van der Waals surface area contributed by atoms with Gasteiger partial charge in [-0.3, -0.25) is 9.59 Å². The van der Waals surface area contributed by atoms with E-state index in [2.05, 4.69) is 10.3 Å². The Morgan fingerprint density at radius 3 is 2.79 bits per heavy atom. The summed E-state index contributed by atoms with van der Waals surface area (Å²) < 4.78 is 6.46. The third kappa shape index (κ3) is 4.76. The van der Waals surface area contributed by atoms with E-state index in [1.165, 1.54) is 16.8 Å². The number of thiazole rings is 1. The molecular weight excluding hydrogens is 330 g/mol. The average Bonchev–Trinajstić information content (AvgIpc) is 2.87. The van der Waals surface area contributed by atoms with E-state index >= 15 is 0 Å². The van der Waals surface area contributed by atoms with Gasteiger partial charge in [-0.25, -0.2) is 9.78 Å². The van der Waals surface area contributed by atoms with Crippen LogP contribution >= 0.6 is 11.3 Å². The molecule has 2 aromatic rings. The van der Waals surface area contributed by atoms with Crippen molar-refractivity contribution in [3.05, 3.63) is 45.3 Å². The molecule has 1 N–H and O–H groups in total. The minimum Gasteiger partial charge on any atom is -0.461 e. The quantitative estimate of drug-likeness (QED) is 0.806. The van der Waals surface area contributed by atoms with Crippen LogP contribution < -0.4 is 10.9 Å². The van der Waals surface area contributed by atoms with Crippen LogP contribution in [0.2, 0.25) is 0 Å². The first kappa shape index (κ1) is 17.9. The van der Waals surface area contributed by atoms with E-state index in [0.29, 0.717) is 22.3 Å². The predicted molar refractivity (Wildman–Crippen MR) is 91.3 cm³/mol. The molecule has 128 valence electrons. The number of carbonyl (C=O) groups is 2. The van der Waals surface area contributed by atoms with E-state index < -0.39 is 5.97 Å². The largest absolute Gasteiger partial charge is 0.461 e. The molecule has 0 fully saturated rings. The van der Waals surface area contributed by atoms with Crippen LogP contribution in [0.15, 0.2) is 29.2 Å². The van der Waals surface area contributed by atoms with E-state index in [1.807, 2.05) is 13.8 Å². The predicted octanol–water partition coefficient (Wildman–Crippen LogP) is 2.06. The molecule has 0 aliphatic heterocycles. The summed E-state index contributed by atoms with van der Waals surface area (Å²) in [6.07, 6.45) is 1.53. The van der Waals surface area contributed by atoms with Gasteiger partial charge in [0.2, 0.25) is 5.91 Å². The fourth-order valence-electron chi connectivity index (χ4n) is 1.85. The molecule has 1 amide bonds. The van der Waals surface area contributed by atoms with Crippen molar-refractivity contribution < 1.29 is 14.3 Å². The van der Waals surface area contributed by atoms with Crippen molar-refractivity contribution in [2.75, 3.05) is 11.9 Å². The summed E-state index contributed by atoms with van der Waals surface area (Å²) in [6, 6.07) is 4.66. The molecule has 0 bridgehead atoms. The molecule has 0 saturated carbocycles.